The topological polar surface area (TPSA) is 26.3 Å². The van der Waals surface area contributed by atoms with E-state index >= 15 is 0 Å². The summed E-state index contributed by atoms with van der Waals surface area (Å²) in [5.74, 6) is -0.178. The molecular weight excluding hydrogens is 260 g/mol. The Morgan fingerprint density at radius 1 is 1.14 bits per heavy atom. The lowest BCUT2D eigenvalue weighted by molar-refractivity contribution is -0.142. The summed E-state index contributed by atoms with van der Waals surface area (Å²) < 4.78 is 4.91. The van der Waals surface area contributed by atoms with Gasteiger partial charge in [0.1, 0.15) is 0 Å². The number of hydrogen-bond acceptors (Lipinski definition) is 2. The first kappa shape index (κ1) is 13.6. The van der Waals surface area contributed by atoms with Crippen molar-refractivity contribution in [2.45, 2.75) is 19.8 Å². The van der Waals surface area contributed by atoms with Crippen molar-refractivity contribution in [2.75, 3.05) is 6.61 Å². The van der Waals surface area contributed by atoms with E-state index in [0.29, 0.717) is 13.0 Å². The lowest BCUT2D eigenvalue weighted by Gasteiger charge is -2.02. The first-order chi connectivity index (χ1) is 10.3. The van der Waals surface area contributed by atoms with Gasteiger partial charge in [-0.1, -0.05) is 54.6 Å². The van der Waals surface area contributed by atoms with Gasteiger partial charge in [-0.25, -0.2) is 0 Å². The Balaban J connectivity index is 1.75. The minimum Gasteiger partial charge on any atom is -0.466 e. The van der Waals surface area contributed by atoms with Gasteiger partial charge in [0.05, 0.1) is 13.0 Å². The quantitative estimate of drug-likeness (QED) is 0.668. The minimum atomic E-state index is -0.178. The molecule has 21 heavy (non-hydrogen) atoms. The summed E-state index contributed by atoms with van der Waals surface area (Å²) in [6.45, 7) is 2.25. The van der Waals surface area contributed by atoms with E-state index in [-0.39, 0.29) is 5.97 Å². The maximum atomic E-state index is 11.3. The molecule has 1 aliphatic rings. The number of rotatable bonds is 4. The van der Waals surface area contributed by atoms with Crippen LogP contribution in [-0.2, 0) is 16.0 Å². The van der Waals surface area contributed by atoms with Crippen molar-refractivity contribution in [1.29, 1.82) is 0 Å². The fourth-order valence-corrected chi connectivity index (χ4v) is 2.78. The van der Waals surface area contributed by atoms with Gasteiger partial charge < -0.3 is 4.74 Å². The van der Waals surface area contributed by atoms with E-state index in [1.807, 2.05) is 19.1 Å². The van der Waals surface area contributed by atoms with Gasteiger partial charge in [-0.3, -0.25) is 4.79 Å². The summed E-state index contributed by atoms with van der Waals surface area (Å²) in [5.41, 5.74) is 6.54. The molecule has 2 heteroatoms. The number of fused-ring (bicyclic) bond motifs is 3. The SMILES string of the molecule is CCOC(=O)CC=Cc1ccc2c(c1)Cc1ccccc1-2. The van der Waals surface area contributed by atoms with Gasteiger partial charge in [0.2, 0.25) is 0 Å². The summed E-state index contributed by atoms with van der Waals surface area (Å²) in [4.78, 5) is 11.3. The van der Waals surface area contributed by atoms with Crippen LogP contribution in [0.3, 0.4) is 0 Å². The number of hydrogen-bond donors (Lipinski definition) is 0. The number of benzene rings is 2. The molecule has 106 valence electrons. The van der Waals surface area contributed by atoms with Crippen LogP contribution in [-0.4, -0.2) is 12.6 Å². The predicted octanol–water partition coefficient (Wildman–Crippen LogP) is 4.22. The predicted molar refractivity (Wildman–Crippen MR) is 85.0 cm³/mol. The number of carbonyl (C=O) groups excluding carboxylic acids is 1. The Hall–Kier alpha value is -2.35. The Morgan fingerprint density at radius 3 is 2.81 bits per heavy atom. The van der Waals surface area contributed by atoms with Gasteiger partial charge in [0.25, 0.3) is 0 Å². The third kappa shape index (κ3) is 2.89. The molecule has 2 aromatic rings. The molecule has 0 saturated carbocycles. The molecule has 0 aromatic heterocycles. The van der Waals surface area contributed by atoms with E-state index in [2.05, 4.69) is 42.5 Å². The molecule has 0 aliphatic heterocycles. The van der Waals surface area contributed by atoms with Crippen molar-refractivity contribution in [1.82, 2.24) is 0 Å². The number of carbonyl (C=O) groups is 1. The highest BCUT2D eigenvalue weighted by atomic mass is 16.5. The fraction of sp³-hybridized carbons (Fsp3) is 0.211. The molecule has 1 aliphatic carbocycles. The third-order valence-electron chi connectivity index (χ3n) is 3.72. The molecule has 0 fully saturated rings. The van der Waals surface area contributed by atoms with Gasteiger partial charge in [-0.15, -0.1) is 0 Å². The smallest absolute Gasteiger partial charge is 0.309 e. The minimum absolute atomic E-state index is 0.178. The van der Waals surface area contributed by atoms with Gasteiger partial charge in [-0.2, -0.15) is 0 Å². The summed E-state index contributed by atoms with van der Waals surface area (Å²) >= 11 is 0. The van der Waals surface area contributed by atoms with Crippen LogP contribution < -0.4 is 0 Å². The van der Waals surface area contributed by atoms with Crippen LogP contribution in [0.25, 0.3) is 17.2 Å². The van der Waals surface area contributed by atoms with Gasteiger partial charge >= 0.3 is 5.97 Å². The van der Waals surface area contributed by atoms with Crippen LogP contribution in [0.1, 0.15) is 30.0 Å². The molecule has 3 rings (SSSR count). The van der Waals surface area contributed by atoms with Crippen molar-refractivity contribution >= 4 is 12.0 Å². The van der Waals surface area contributed by atoms with Crippen LogP contribution in [0.4, 0.5) is 0 Å². The van der Waals surface area contributed by atoms with Crippen LogP contribution in [0.2, 0.25) is 0 Å². The highest BCUT2D eigenvalue weighted by Gasteiger charge is 2.17. The Labute approximate surface area is 125 Å². The second-order valence-electron chi connectivity index (χ2n) is 5.16. The third-order valence-corrected chi connectivity index (χ3v) is 3.72. The monoisotopic (exact) mass is 278 g/mol. The van der Waals surface area contributed by atoms with Crippen molar-refractivity contribution in [3.8, 4) is 11.1 Å². The molecular formula is C19H18O2. The normalized spacial score (nSPS) is 12.2. The molecule has 0 radical (unpaired) electrons. The number of esters is 1. The van der Waals surface area contributed by atoms with E-state index in [1.165, 1.54) is 22.3 Å². The van der Waals surface area contributed by atoms with Gasteiger partial charge in [0, 0.05) is 0 Å². The molecule has 0 saturated heterocycles. The molecule has 0 N–H and O–H groups in total. The zero-order valence-electron chi connectivity index (χ0n) is 12.1. The second-order valence-corrected chi connectivity index (χ2v) is 5.16. The Kier molecular flexibility index (Phi) is 3.87. The average Bonchev–Trinajstić information content (AvgIpc) is 2.85. The Morgan fingerprint density at radius 2 is 1.95 bits per heavy atom. The molecule has 0 spiro atoms. The molecule has 0 amide bonds. The summed E-state index contributed by atoms with van der Waals surface area (Å²) in [6, 6.07) is 15.0. The number of ether oxygens (including phenoxy) is 1. The fourth-order valence-electron chi connectivity index (χ4n) is 2.78. The van der Waals surface area contributed by atoms with Crippen molar-refractivity contribution < 1.29 is 9.53 Å². The highest BCUT2D eigenvalue weighted by Crippen LogP contribution is 2.36. The second kappa shape index (κ2) is 5.96. The first-order valence-corrected chi connectivity index (χ1v) is 7.31. The zero-order chi connectivity index (χ0) is 14.7. The molecule has 2 nitrogen and oxygen atoms in total. The van der Waals surface area contributed by atoms with Gasteiger partial charge in [-0.05, 0) is 41.2 Å². The lowest BCUT2D eigenvalue weighted by atomic mass is 10.0. The largest absolute Gasteiger partial charge is 0.466 e. The van der Waals surface area contributed by atoms with Crippen molar-refractivity contribution in [3.63, 3.8) is 0 Å². The van der Waals surface area contributed by atoms with Crippen LogP contribution >= 0.6 is 0 Å². The van der Waals surface area contributed by atoms with Crippen LogP contribution in [0, 0.1) is 0 Å². The summed E-state index contributed by atoms with van der Waals surface area (Å²) in [6.07, 6.45) is 5.16. The van der Waals surface area contributed by atoms with Crippen LogP contribution in [0.15, 0.2) is 48.5 Å². The molecule has 0 unspecified atom stereocenters. The van der Waals surface area contributed by atoms with Crippen LogP contribution in [0.5, 0.6) is 0 Å². The maximum absolute atomic E-state index is 11.3. The van der Waals surface area contributed by atoms with E-state index in [9.17, 15) is 4.79 Å². The average molecular weight is 278 g/mol. The molecule has 2 aromatic carbocycles. The summed E-state index contributed by atoms with van der Waals surface area (Å²) in [7, 11) is 0. The van der Waals surface area contributed by atoms with Crippen molar-refractivity contribution in [2.24, 2.45) is 0 Å². The molecule has 0 heterocycles. The van der Waals surface area contributed by atoms with E-state index in [0.717, 1.165) is 12.0 Å². The van der Waals surface area contributed by atoms with Gasteiger partial charge in [0.15, 0.2) is 0 Å². The first-order valence-electron chi connectivity index (χ1n) is 7.31. The highest BCUT2D eigenvalue weighted by molar-refractivity contribution is 5.78. The lowest BCUT2D eigenvalue weighted by Crippen LogP contribution is -2.01. The zero-order valence-corrected chi connectivity index (χ0v) is 12.1. The molecule has 0 atom stereocenters. The van der Waals surface area contributed by atoms with Crippen molar-refractivity contribution in [3.05, 3.63) is 65.2 Å². The maximum Gasteiger partial charge on any atom is 0.309 e. The molecule has 0 bridgehead atoms. The summed E-state index contributed by atoms with van der Waals surface area (Å²) in [5, 5.41) is 0. The Bertz CT molecular complexity index is 698. The van der Waals surface area contributed by atoms with E-state index in [1.54, 1.807) is 0 Å². The van der Waals surface area contributed by atoms with E-state index in [4.69, 9.17) is 4.74 Å². The standard InChI is InChI=1S/C19H18O2/c1-2-21-19(20)9-5-6-14-10-11-18-16(12-14)13-15-7-3-4-8-17(15)18/h3-8,10-12H,2,9,13H2,1H3. The van der Waals surface area contributed by atoms with E-state index < -0.39 is 0 Å².